The molecule has 0 bridgehead atoms. The molecule has 1 saturated carbocycles. The molecule has 1 aliphatic heterocycles. The van der Waals surface area contributed by atoms with Gasteiger partial charge in [-0.25, -0.2) is 18.0 Å². The Hall–Kier alpha value is -2.89. The summed E-state index contributed by atoms with van der Waals surface area (Å²) in [5.74, 6) is -7.63. The van der Waals surface area contributed by atoms with Crippen LogP contribution < -0.4 is 9.04 Å². The molecular formula is C24H24F3N2O5S-. The number of alkyl halides is 2. The van der Waals surface area contributed by atoms with Crippen molar-refractivity contribution in [2.24, 2.45) is 5.92 Å². The lowest BCUT2D eigenvalue weighted by molar-refractivity contribution is 0.0691. The van der Waals surface area contributed by atoms with Gasteiger partial charge in [-0.3, -0.25) is 8.51 Å². The zero-order chi connectivity index (χ0) is 25.5. The highest BCUT2D eigenvalue weighted by Crippen LogP contribution is 2.66. The average Bonchev–Trinajstić information content (AvgIpc) is 3.38. The van der Waals surface area contributed by atoms with Gasteiger partial charge in [0, 0.05) is 17.7 Å². The minimum Gasteiger partial charge on any atom is -0.755 e. The van der Waals surface area contributed by atoms with Gasteiger partial charge in [0.25, 0.3) is 5.92 Å². The number of aromatic carboxylic acids is 1. The van der Waals surface area contributed by atoms with Crippen LogP contribution in [0, 0.1) is 11.7 Å². The van der Waals surface area contributed by atoms with Gasteiger partial charge in [0.2, 0.25) is 0 Å². The average molecular weight is 510 g/mol. The van der Waals surface area contributed by atoms with E-state index in [9.17, 15) is 31.8 Å². The third kappa shape index (κ3) is 4.55. The highest BCUT2D eigenvalue weighted by atomic mass is 32.2. The Kier molecular flexibility index (Phi) is 6.94. The van der Waals surface area contributed by atoms with Crippen LogP contribution in [0.2, 0.25) is 0 Å². The SMILES string of the molecule is CCN(CC)CC=Cc1cc(F)ccc1N(c1ccc2c(c1C(=O)O)OC[C@H]1[C@@H]2C1(F)F)S(=O)[O-]. The molecule has 7 nitrogen and oxygen atoms in total. The summed E-state index contributed by atoms with van der Waals surface area (Å²) in [6.45, 7) is 5.70. The van der Waals surface area contributed by atoms with Gasteiger partial charge >= 0.3 is 5.97 Å². The maximum absolute atomic E-state index is 14.1. The number of fused-ring (bicyclic) bond motifs is 3. The predicted octanol–water partition coefficient (Wildman–Crippen LogP) is 4.55. The van der Waals surface area contributed by atoms with E-state index in [0.717, 1.165) is 25.2 Å². The molecule has 1 unspecified atom stereocenters. The van der Waals surface area contributed by atoms with E-state index in [0.29, 0.717) is 10.8 Å². The van der Waals surface area contributed by atoms with E-state index in [-0.39, 0.29) is 34.9 Å². The maximum Gasteiger partial charge on any atom is 0.341 e. The number of carboxylic acid groups (broad SMARTS) is 1. The summed E-state index contributed by atoms with van der Waals surface area (Å²) < 4.78 is 73.2. The van der Waals surface area contributed by atoms with E-state index in [1.165, 1.54) is 18.2 Å². The Morgan fingerprint density at radius 3 is 2.57 bits per heavy atom. The van der Waals surface area contributed by atoms with Crippen LogP contribution in [0.5, 0.6) is 5.75 Å². The highest BCUT2D eigenvalue weighted by Gasteiger charge is 2.71. The van der Waals surface area contributed by atoms with E-state index >= 15 is 0 Å². The first-order chi connectivity index (χ1) is 16.6. The first kappa shape index (κ1) is 25.2. The lowest BCUT2D eigenvalue weighted by atomic mass is 9.99. The van der Waals surface area contributed by atoms with Gasteiger partial charge in [-0.15, -0.1) is 0 Å². The summed E-state index contributed by atoms with van der Waals surface area (Å²) in [5, 5.41) is 9.92. The van der Waals surface area contributed by atoms with Crippen molar-refractivity contribution in [1.29, 1.82) is 0 Å². The Labute approximate surface area is 203 Å². The fraction of sp³-hybridized carbons (Fsp3) is 0.375. The summed E-state index contributed by atoms with van der Waals surface area (Å²) in [5.41, 5.74) is -0.608. The number of anilines is 2. The van der Waals surface area contributed by atoms with Crippen LogP contribution in [0.15, 0.2) is 36.4 Å². The molecule has 4 rings (SSSR count). The molecule has 0 aromatic heterocycles. The molecule has 1 aliphatic carbocycles. The van der Waals surface area contributed by atoms with Crippen molar-refractivity contribution < 1.29 is 36.6 Å². The van der Waals surface area contributed by atoms with Crippen molar-refractivity contribution >= 4 is 34.7 Å². The smallest absolute Gasteiger partial charge is 0.341 e. The molecule has 0 amide bonds. The Morgan fingerprint density at radius 2 is 1.94 bits per heavy atom. The van der Waals surface area contributed by atoms with Gasteiger partial charge in [-0.1, -0.05) is 32.1 Å². The number of halogens is 3. The zero-order valence-corrected chi connectivity index (χ0v) is 19.9. The summed E-state index contributed by atoms with van der Waals surface area (Å²) in [6, 6.07) is 5.86. The third-order valence-corrected chi connectivity index (χ3v) is 7.15. The van der Waals surface area contributed by atoms with Crippen molar-refractivity contribution in [3.63, 3.8) is 0 Å². The van der Waals surface area contributed by atoms with Gasteiger partial charge in [0.15, 0.2) is 0 Å². The minimum absolute atomic E-state index is 0.00316. The second kappa shape index (κ2) is 9.63. The Bertz CT molecular complexity index is 1200. The number of likely N-dealkylation sites (N-methyl/N-ethyl adjacent to an activating group) is 1. The van der Waals surface area contributed by atoms with Crippen molar-refractivity contribution in [2.75, 3.05) is 30.5 Å². The van der Waals surface area contributed by atoms with Crippen molar-refractivity contribution in [1.82, 2.24) is 4.90 Å². The fourth-order valence-corrected chi connectivity index (χ4v) is 5.14. The summed E-state index contributed by atoms with van der Waals surface area (Å²) in [7, 11) is 0. The molecule has 1 fully saturated rings. The number of ether oxygens (including phenoxy) is 1. The van der Waals surface area contributed by atoms with Gasteiger partial charge in [0.1, 0.15) is 17.1 Å². The molecule has 188 valence electrons. The van der Waals surface area contributed by atoms with Gasteiger partial charge in [-0.2, -0.15) is 0 Å². The van der Waals surface area contributed by atoms with E-state index in [1.54, 1.807) is 12.2 Å². The van der Waals surface area contributed by atoms with E-state index in [4.69, 9.17) is 4.74 Å². The van der Waals surface area contributed by atoms with Crippen molar-refractivity contribution in [3.8, 4) is 5.75 Å². The maximum atomic E-state index is 14.1. The topological polar surface area (TPSA) is 93.1 Å². The molecule has 1 N–H and O–H groups in total. The van der Waals surface area contributed by atoms with E-state index in [1.807, 2.05) is 13.8 Å². The number of rotatable bonds is 9. The first-order valence-corrected chi connectivity index (χ1v) is 12.1. The molecule has 11 heteroatoms. The third-order valence-electron chi connectivity index (χ3n) is 6.46. The minimum atomic E-state index is -3.03. The summed E-state index contributed by atoms with van der Waals surface area (Å²) in [6.07, 6.45) is 3.31. The number of benzene rings is 2. The number of carbonyl (C=O) groups is 1. The number of nitrogens with zero attached hydrogens (tertiary/aromatic N) is 2. The lowest BCUT2D eigenvalue weighted by Crippen LogP contribution is -2.24. The Morgan fingerprint density at radius 1 is 1.26 bits per heavy atom. The summed E-state index contributed by atoms with van der Waals surface area (Å²) in [4.78, 5) is 14.3. The number of carboxylic acids is 1. The molecule has 0 radical (unpaired) electrons. The van der Waals surface area contributed by atoms with E-state index in [2.05, 4.69) is 4.90 Å². The molecule has 0 saturated heterocycles. The van der Waals surface area contributed by atoms with Crippen LogP contribution >= 0.6 is 0 Å². The first-order valence-electron chi connectivity index (χ1n) is 11.1. The molecule has 2 aliphatic rings. The predicted molar refractivity (Wildman–Crippen MR) is 124 cm³/mol. The van der Waals surface area contributed by atoms with E-state index < -0.39 is 46.4 Å². The molecule has 0 spiro atoms. The second-order valence-corrected chi connectivity index (χ2v) is 9.16. The normalized spacial score (nSPS) is 20.8. The second-order valence-electron chi connectivity index (χ2n) is 8.36. The van der Waals surface area contributed by atoms with Crippen LogP contribution in [-0.2, 0) is 11.3 Å². The van der Waals surface area contributed by atoms with Crippen molar-refractivity contribution in [2.45, 2.75) is 25.7 Å². The number of hydrogen-bond acceptors (Lipinski definition) is 5. The van der Waals surface area contributed by atoms with Gasteiger partial charge in [0.05, 0.1) is 41.1 Å². The fourth-order valence-electron chi connectivity index (χ4n) is 4.50. The molecule has 3 atom stereocenters. The molecule has 35 heavy (non-hydrogen) atoms. The number of hydrogen-bond donors (Lipinski definition) is 1. The molecular weight excluding hydrogens is 485 g/mol. The highest BCUT2D eigenvalue weighted by molar-refractivity contribution is 7.81. The standard InChI is InChI=1S/C24H25F3N2O5S/c1-3-28(4-2)11-5-6-14-12-15(25)7-9-18(14)29(35(32)33)19-10-8-16-21-17(24(21,26)27)13-34-22(16)20(19)23(30)31/h5-10,12,17,21H,3-4,11,13H2,1-2H3,(H,30,31)(H,32,33)/p-1/t17-,21+/m0/s1. The molecule has 2 aromatic carbocycles. The van der Waals surface area contributed by atoms with Crippen LogP contribution in [0.4, 0.5) is 24.5 Å². The van der Waals surface area contributed by atoms with Gasteiger partial charge < -0.3 is 19.3 Å². The molecule has 2 aromatic rings. The van der Waals surface area contributed by atoms with Crippen molar-refractivity contribution in [3.05, 3.63) is 58.9 Å². The zero-order valence-electron chi connectivity index (χ0n) is 19.0. The quantitative estimate of drug-likeness (QED) is 0.499. The lowest BCUT2D eigenvalue weighted by Gasteiger charge is -2.31. The molecule has 1 heterocycles. The van der Waals surface area contributed by atoms with Gasteiger partial charge in [-0.05, 0) is 37.4 Å². The largest absolute Gasteiger partial charge is 0.755 e. The van der Waals surface area contributed by atoms with Crippen LogP contribution in [0.25, 0.3) is 6.08 Å². The summed E-state index contributed by atoms with van der Waals surface area (Å²) >= 11 is -3.03. The Balaban J connectivity index is 1.82. The van der Waals surface area contributed by atoms with Crippen LogP contribution in [-0.4, -0.2) is 56.9 Å². The van der Waals surface area contributed by atoms with Crippen LogP contribution in [0.3, 0.4) is 0 Å². The monoisotopic (exact) mass is 509 g/mol. The van der Waals surface area contributed by atoms with Crippen LogP contribution in [0.1, 0.15) is 41.3 Å².